The van der Waals surface area contributed by atoms with Gasteiger partial charge in [-0.1, -0.05) is 6.07 Å². The van der Waals surface area contributed by atoms with Crippen LogP contribution in [0.5, 0.6) is 0 Å². The van der Waals surface area contributed by atoms with Crippen LogP contribution in [0.4, 0.5) is 11.4 Å². The molecule has 0 aromatic heterocycles. The zero-order chi connectivity index (χ0) is 18.6. The molecule has 0 saturated carbocycles. The summed E-state index contributed by atoms with van der Waals surface area (Å²) in [5, 5.41) is 6.60. The van der Waals surface area contributed by atoms with E-state index < -0.39 is 0 Å². The maximum absolute atomic E-state index is 12.1. The van der Waals surface area contributed by atoms with Crippen LogP contribution in [0.1, 0.15) is 44.9 Å². The van der Waals surface area contributed by atoms with Crippen molar-refractivity contribution < 1.29 is 9.59 Å². The van der Waals surface area contributed by atoms with Gasteiger partial charge in [-0.05, 0) is 56.7 Å². The summed E-state index contributed by atoms with van der Waals surface area (Å²) in [6.45, 7) is 3.59. The van der Waals surface area contributed by atoms with Gasteiger partial charge in [0.15, 0.2) is 0 Å². The van der Waals surface area contributed by atoms with Crippen LogP contribution >= 0.6 is 0 Å². The molecule has 0 aliphatic carbocycles. The third-order valence-electron chi connectivity index (χ3n) is 6.05. The predicted octanol–water partition coefficient (Wildman–Crippen LogP) is 2.04. The molecule has 3 aliphatic rings. The van der Waals surface area contributed by atoms with E-state index in [1.165, 1.54) is 5.69 Å². The molecule has 27 heavy (non-hydrogen) atoms. The number of carbonyl (C=O) groups is 2. The molecule has 2 N–H and O–H groups in total. The summed E-state index contributed by atoms with van der Waals surface area (Å²) in [5.74, 6) is 0.398. The number of rotatable bonds is 4. The monoisotopic (exact) mass is 370 g/mol. The first-order valence-electron chi connectivity index (χ1n) is 10.4. The van der Waals surface area contributed by atoms with Crippen LogP contribution in [0, 0.1) is 0 Å². The van der Waals surface area contributed by atoms with Crippen molar-refractivity contribution in [2.24, 2.45) is 0 Å². The van der Waals surface area contributed by atoms with Crippen LogP contribution in [0.15, 0.2) is 24.3 Å². The van der Waals surface area contributed by atoms with Gasteiger partial charge >= 0.3 is 0 Å². The minimum atomic E-state index is -0.0337. The Balaban J connectivity index is 1.34. The lowest BCUT2D eigenvalue weighted by atomic mass is 10.0. The minimum Gasteiger partial charge on any atom is -0.371 e. The number of carbonyl (C=O) groups excluding carboxylic acids is 2. The van der Waals surface area contributed by atoms with Crippen molar-refractivity contribution in [1.82, 2.24) is 10.6 Å². The van der Waals surface area contributed by atoms with Crippen molar-refractivity contribution in [2.75, 3.05) is 36.0 Å². The fourth-order valence-electron chi connectivity index (χ4n) is 4.47. The van der Waals surface area contributed by atoms with E-state index in [9.17, 15) is 9.59 Å². The van der Waals surface area contributed by atoms with Crippen molar-refractivity contribution in [2.45, 2.75) is 57.0 Å². The molecule has 3 aliphatic heterocycles. The first-order chi connectivity index (χ1) is 13.2. The molecule has 3 heterocycles. The van der Waals surface area contributed by atoms with Gasteiger partial charge < -0.3 is 20.4 Å². The molecule has 0 bridgehead atoms. The first-order valence-corrected chi connectivity index (χ1v) is 10.4. The normalized spacial score (nSPS) is 24.8. The van der Waals surface area contributed by atoms with Crippen LogP contribution in [-0.4, -0.2) is 50.1 Å². The summed E-state index contributed by atoms with van der Waals surface area (Å²) >= 11 is 0. The number of piperidine rings is 1. The van der Waals surface area contributed by atoms with Gasteiger partial charge in [-0.2, -0.15) is 0 Å². The second kappa shape index (κ2) is 8.30. The van der Waals surface area contributed by atoms with E-state index in [-0.39, 0.29) is 17.9 Å². The van der Waals surface area contributed by atoms with Crippen LogP contribution in [0.2, 0.25) is 0 Å². The third-order valence-corrected chi connectivity index (χ3v) is 6.05. The highest BCUT2D eigenvalue weighted by Gasteiger charge is 2.27. The maximum Gasteiger partial charge on any atom is 0.237 e. The highest BCUT2D eigenvalue weighted by molar-refractivity contribution is 5.95. The van der Waals surface area contributed by atoms with Gasteiger partial charge in [0.25, 0.3) is 0 Å². The number of nitrogens with zero attached hydrogens (tertiary/aromatic N) is 2. The highest BCUT2D eigenvalue weighted by atomic mass is 16.2. The number of amides is 2. The van der Waals surface area contributed by atoms with Crippen molar-refractivity contribution in [1.29, 1.82) is 0 Å². The van der Waals surface area contributed by atoms with Gasteiger partial charge in [0.05, 0.1) is 6.04 Å². The molecular formula is C21H30N4O2. The van der Waals surface area contributed by atoms with Crippen molar-refractivity contribution in [3.05, 3.63) is 24.3 Å². The zero-order valence-corrected chi connectivity index (χ0v) is 16.0. The van der Waals surface area contributed by atoms with E-state index in [0.717, 1.165) is 70.4 Å². The van der Waals surface area contributed by atoms with Crippen LogP contribution < -0.4 is 20.4 Å². The lowest BCUT2D eigenvalue weighted by Crippen LogP contribution is -2.51. The Labute approximate surface area is 161 Å². The van der Waals surface area contributed by atoms with Crippen LogP contribution in [0.25, 0.3) is 0 Å². The van der Waals surface area contributed by atoms with Gasteiger partial charge in [0, 0.05) is 50.0 Å². The summed E-state index contributed by atoms with van der Waals surface area (Å²) in [6.07, 6.45) is 6.83. The molecule has 1 atom stereocenters. The van der Waals surface area contributed by atoms with E-state index in [2.05, 4.69) is 33.7 Å². The van der Waals surface area contributed by atoms with Gasteiger partial charge in [0.2, 0.25) is 11.8 Å². The van der Waals surface area contributed by atoms with Gasteiger partial charge in [-0.3, -0.25) is 9.59 Å². The Morgan fingerprint density at radius 1 is 0.963 bits per heavy atom. The van der Waals surface area contributed by atoms with Gasteiger partial charge in [0.1, 0.15) is 0 Å². The summed E-state index contributed by atoms with van der Waals surface area (Å²) in [6, 6.07) is 8.74. The average molecular weight is 370 g/mol. The van der Waals surface area contributed by atoms with Gasteiger partial charge in [-0.15, -0.1) is 0 Å². The first kappa shape index (κ1) is 18.3. The fourth-order valence-corrected chi connectivity index (χ4v) is 4.47. The number of benzene rings is 1. The van der Waals surface area contributed by atoms with E-state index >= 15 is 0 Å². The molecule has 0 radical (unpaired) electrons. The molecule has 3 fully saturated rings. The van der Waals surface area contributed by atoms with E-state index in [1.807, 2.05) is 11.0 Å². The summed E-state index contributed by atoms with van der Waals surface area (Å²) in [4.78, 5) is 28.5. The molecular weight excluding hydrogens is 340 g/mol. The van der Waals surface area contributed by atoms with Crippen LogP contribution in [0.3, 0.4) is 0 Å². The third kappa shape index (κ3) is 4.26. The summed E-state index contributed by atoms with van der Waals surface area (Å²) < 4.78 is 0. The molecule has 146 valence electrons. The van der Waals surface area contributed by atoms with E-state index in [0.29, 0.717) is 12.5 Å². The smallest absolute Gasteiger partial charge is 0.237 e. The van der Waals surface area contributed by atoms with Crippen LogP contribution in [-0.2, 0) is 9.59 Å². The molecule has 1 aromatic carbocycles. The highest BCUT2D eigenvalue weighted by Crippen LogP contribution is 2.28. The number of nitrogens with one attached hydrogen (secondary N) is 2. The van der Waals surface area contributed by atoms with E-state index in [1.54, 1.807) is 0 Å². The molecule has 0 unspecified atom stereocenters. The Morgan fingerprint density at radius 2 is 1.78 bits per heavy atom. The standard InChI is InChI=1S/C21H30N4O2/c26-20-8-4-12-25(20)18-6-3-5-17(15-18)24-13-9-16(10-14-24)23-19-7-1-2-11-22-21(19)27/h3,5-6,15-16,19,23H,1-2,4,7-14H2,(H,22,27)/t19-/m0/s1. The lowest BCUT2D eigenvalue weighted by molar-refractivity contribution is -0.123. The zero-order valence-electron chi connectivity index (χ0n) is 16.0. The summed E-state index contributed by atoms with van der Waals surface area (Å²) in [5.41, 5.74) is 2.21. The molecule has 0 spiro atoms. The Bertz CT molecular complexity index is 685. The molecule has 1 aromatic rings. The predicted molar refractivity (Wildman–Crippen MR) is 107 cm³/mol. The SMILES string of the molecule is O=C1NCCCC[C@@H]1NC1CCN(c2cccc(N3CCCC3=O)c2)CC1. The van der Waals surface area contributed by atoms with E-state index in [4.69, 9.17) is 0 Å². The molecule has 4 rings (SSSR count). The second-order valence-electron chi connectivity index (χ2n) is 7.94. The Hall–Kier alpha value is -2.08. The quantitative estimate of drug-likeness (QED) is 0.851. The van der Waals surface area contributed by atoms with Gasteiger partial charge in [-0.25, -0.2) is 0 Å². The van der Waals surface area contributed by atoms with Crippen molar-refractivity contribution >= 4 is 23.2 Å². The lowest BCUT2D eigenvalue weighted by Gasteiger charge is -2.35. The molecule has 2 amide bonds. The van der Waals surface area contributed by atoms with Crippen molar-refractivity contribution in [3.8, 4) is 0 Å². The fraction of sp³-hybridized carbons (Fsp3) is 0.619. The Morgan fingerprint density at radius 3 is 2.56 bits per heavy atom. The number of anilines is 2. The molecule has 3 saturated heterocycles. The maximum atomic E-state index is 12.1. The average Bonchev–Trinajstić information content (AvgIpc) is 3.03. The largest absolute Gasteiger partial charge is 0.371 e. The second-order valence-corrected chi connectivity index (χ2v) is 7.94. The summed E-state index contributed by atoms with van der Waals surface area (Å²) in [7, 11) is 0. The Kier molecular flexibility index (Phi) is 5.62. The molecule has 6 nitrogen and oxygen atoms in total. The molecule has 6 heteroatoms. The topological polar surface area (TPSA) is 64.7 Å². The number of hydrogen-bond donors (Lipinski definition) is 2. The minimum absolute atomic E-state index is 0.0337. The number of hydrogen-bond acceptors (Lipinski definition) is 4. The van der Waals surface area contributed by atoms with Crippen molar-refractivity contribution in [3.63, 3.8) is 0 Å².